The summed E-state index contributed by atoms with van der Waals surface area (Å²) in [5, 5.41) is 4.96. The maximum absolute atomic E-state index is 12.5. The standard InChI is InChI=1S/C20H14ClN3OS/c1-13-2-4-14(5-3-13)8-11-18-22-20-24(23-18)19(25)17(26-20)12-15-6-9-16(21)10-7-15/h2-12H,1H3/b11-8+,17-12-. The molecule has 0 amide bonds. The smallest absolute Gasteiger partial charge is 0.266 e. The van der Waals surface area contributed by atoms with Crippen molar-refractivity contribution in [3.05, 3.63) is 91.0 Å². The SMILES string of the molecule is Cc1ccc(/C=C/c2nc3s/c(=C\c4ccc(Cl)cc4)c(=O)n3n2)cc1. The van der Waals surface area contributed by atoms with Crippen LogP contribution < -0.4 is 10.1 Å². The van der Waals surface area contributed by atoms with Crippen LogP contribution in [0.15, 0.2) is 53.3 Å². The molecule has 4 nitrogen and oxygen atoms in total. The van der Waals surface area contributed by atoms with Crippen molar-refractivity contribution in [2.75, 3.05) is 0 Å². The van der Waals surface area contributed by atoms with Crippen LogP contribution in [-0.4, -0.2) is 14.6 Å². The van der Waals surface area contributed by atoms with E-state index in [1.54, 1.807) is 12.1 Å². The topological polar surface area (TPSA) is 47.3 Å². The zero-order valence-electron chi connectivity index (χ0n) is 13.9. The minimum atomic E-state index is -0.164. The molecule has 0 aliphatic heterocycles. The maximum atomic E-state index is 12.5. The van der Waals surface area contributed by atoms with Crippen molar-refractivity contribution in [1.82, 2.24) is 14.6 Å². The van der Waals surface area contributed by atoms with Crippen molar-refractivity contribution in [3.63, 3.8) is 0 Å². The number of fused-ring (bicyclic) bond motifs is 1. The third-order valence-corrected chi connectivity index (χ3v) is 5.08. The summed E-state index contributed by atoms with van der Waals surface area (Å²) >= 11 is 7.21. The average Bonchev–Trinajstić information content (AvgIpc) is 3.16. The molecule has 0 saturated heterocycles. The zero-order chi connectivity index (χ0) is 18.1. The lowest BCUT2D eigenvalue weighted by molar-refractivity contribution is 0.925. The Bertz CT molecular complexity index is 1210. The average molecular weight is 380 g/mol. The Morgan fingerprint density at radius 3 is 2.38 bits per heavy atom. The Morgan fingerprint density at radius 1 is 1.00 bits per heavy atom. The van der Waals surface area contributed by atoms with Gasteiger partial charge in [-0.25, -0.2) is 0 Å². The molecule has 128 valence electrons. The number of aromatic nitrogens is 3. The van der Waals surface area contributed by atoms with Gasteiger partial charge >= 0.3 is 0 Å². The van der Waals surface area contributed by atoms with Crippen LogP contribution in [0.4, 0.5) is 0 Å². The third kappa shape index (κ3) is 3.45. The Morgan fingerprint density at radius 2 is 1.69 bits per heavy atom. The minimum absolute atomic E-state index is 0.164. The molecule has 0 atom stereocenters. The molecule has 0 N–H and O–H groups in total. The summed E-state index contributed by atoms with van der Waals surface area (Å²) in [5.41, 5.74) is 3.02. The van der Waals surface area contributed by atoms with Gasteiger partial charge in [0.1, 0.15) is 0 Å². The highest BCUT2D eigenvalue weighted by Crippen LogP contribution is 2.11. The fourth-order valence-corrected chi connectivity index (χ4v) is 3.52. The first-order valence-electron chi connectivity index (χ1n) is 8.00. The van der Waals surface area contributed by atoms with Gasteiger partial charge in [-0.2, -0.15) is 9.50 Å². The van der Waals surface area contributed by atoms with E-state index < -0.39 is 0 Å². The second kappa shape index (κ2) is 6.86. The van der Waals surface area contributed by atoms with Crippen LogP contribution in [0, 0.1) is 6.92 Å². The largest absolute Gasteiger partial charge is 0.291 e. The molecule has 2 aromatic heterocycles. The second-order valence-corrected chi connectivity index (χ2v) is 7.32. The Labute approximate surface area is 158 Å². The van der Waals surface area contributed by atoms with E-state index in [2.05, 4.69) is 10.1 Å². The summed E-state index contributed by atoms with van der Waals surface area (Å²) in [7, 11) is 0. The highest BCUT2D eigenvalue weighted by Gasteiger charge is 2.08. The first kappa shape index (κ1) is 16.7. The molecule has 4 rings (SSSR count). The predicted octanol–water partition coefficient (Wildman–Crippen LogP) is 3.83. The molecule has 6 heteroatoms. The number of hydrogen-bond acceptors (Lipinski definition) is 4. The lowest BCUT2D eigenvalue weighted by Gasteiger charge is -1.93. The van der Waals surface area contributed by atoms with Gasteiger partial charge in [-0.1, -0.05) is 71.0 Å². The van der Waals surface area contributed by atoms with Gasteiger partial charge in [0.2, 0.25) is 4.96 Å². The van der Waals surface area contributed by atoms with Crippen LogP contribution in [-0.2, 0) is 0 Å². The highest BCUT2D eigenvalue weighted by molar-refractivity contribution is 7.15. The Balaban J connectivity index is 1.66. The molecule has 0 bridgehead atoms. The number of nitrogens with zero attached hydrogens (tertiary/aromatic N) is 3. The van der Waals surface area contributed by atoms with Crippen LogP contribution in [0.25, 0.3) is 23.2 Å². The molecular weight excluding hydrogens is 366 g/mol. The fraction of sp³-hybridized carbons (Fsp3) is 0.0500. The molecule has 0 spiro atoms. The third-order valence-electron chi connectivity index (χ3n) is 3.87. The van der Waals surface area contributed by atoms with Crippen molar-refractivity contribution in [2.24, 2.45) is 0 Å². The number of aryl methyl sites for hydroxylation is 1. The lowest BCUT2D eigenvalue weighted by Crippen LogP contribution is -2.23. The van der Waals surface area contributed by atoms with Crippen molar-refractivity contribution in [1.29, 1.82) is 0 Å². The van der Waals surface area contributed by atoms with E-state index in [0.717, 1.165) is 11.1 Å². The predicted molar refractivity (Wildman–Crippen MR) is 107 cm³/mol. The highest BCUT2D eigenvalue weighted by atomic mass is 35.5. The van der Waals surface area contributed by atoms with Gasteiger partial charge in [-0.3, -0.25) is 4.79 Å². The number of halogens is 1. The monoisotopic (exact) mass is 379 g/mol. The molecule has 0 aliphatic rings. The van der Waals surface area contributed by atoms with E-state index in [4.69, 9.17) is 11.6 Å². The van der Waals surface area contributed by atoms with E-state index in [1.165, 1.54) is 21.4 Å². The maximum Gasteiger partial charge on any atom is 0.291 e. The summed E-state index contributed by atoms with van der Waals surface area (Å²) in [4.78, 5) is 17.5. The summed E-state index contributed by atoms with van der Waals surface area (Å²) in [6, 6.07) is 15.5. The summed E-state index contributed by atoms with van der Waals surface area (Å²) in [6.07, 6.45) is 5.57. The van der Waals surface area contributed by atoms with E-state index in [-0.39, 0.29) is 5.56 Å². The van der Waals surface area contributed by atoms with Crippen molar-refractivity contribution in [2.45, 2.75) is 6.92 Å². The summed E-state index contributed by atoms with van der Waals surface area (Å²) in [6.45, 7) is 2.05. The Kier molecular flexibility index (Phi) is 4.41. The molecule has 0 aliphatic carbocycles. The molecule has 0 radical (unpaired) electrons. The molecular formula is C20H14ClN3OS. The van der Waals surface area contributed by atoms with Gasteiger partial charge < -0.3 is 0 Å². The van der Waals surface area contributed by atoms with Crippen molar-refractivity contribution >= 4 is 46.1 Å². The molecule has 0 unspecified atom stereocenters. The number of benzene rings is 2. The molecule has 4 aromatic rings. The minimum Gasteiger partial charge on any atom is -0.266 e. The van der Waals surface area contributed by atoms with Crippen LogP contribution >= 0.6 is 22.9 Å². The van der Waals surface area contributed by atoms with Crippen LogP contribution in [0.3, 0.4) is 0 Å². The van der Waals surface area contributed by atoms with E-state index in [9.17, 15) is 4.79 Å². The second-order valence-electron chi connectivity index (χ2n) is 5.88. The molecule has 0 fully saturated rings. The molecule has 26 heavy (non-hydrogen) atoms. The van der Waals surface area contributed by atoms with Gasteiger partial charge in [0.15, 0.2) is 5.82 Å². The summed E-state index contributed by atoms with van der Waals surface area (Å²) < 4.78 is 1.94. The van der Waals surface area contributed by atoms with Gasteiger partial charge in [0, 0.05) is 5.02 Å². The van der Waals surface area contributed by atoms with Crippen molar-refractivity contribution in [3.8, 4) is 0 Å². The first-order valence-corrected chi connectivity index (χ1v) is 9.19. The van der Waals surface area contributed by atoms with Crippen LogP contribution in [0.1, 0.15) is 22.5 Å². The van der Waals surface area contributed by atoms with Gasteiger partial charge in [0.05, 0.1) is 4.53 Å². The molecule has 2 heterocycles. The lowest BCUT2D eigenvalue weighted by atomic mass is 10.1. The van der Waals surface area contributed by atoms with Gasteiger partial charge in [0.25, 0.3) is 5.56 Å². The zero-order valence-corrected chi connectivity index (χ0v) is 15.5. The van der Waals surface area contributed by atoms with E-state index >= 15 is 0 Å². The number of rotatable bonds is 3. The molecule has 0 saturated carbocycles. The summed E-state index contributed by atoms with van der Waals surface area (Å²) in [5.74, 6) is 0.520. The number of thiazole rings is 1. The van der Waals surface area contributed by atoms with E-state index in [1.807, 2.05) is 61.5 Å². The van der Waals surface area contributed by atoms with Crippen LogP contribution in [0.5, 0.6) is 0 Å². The number of hydrogen-bond donors (Lipinski definition) is 0. The van der Waals surface area contributed by atoms with Gasteiger partial charge in [-0.05, 0) is 42.3 Å². The van der Waals surface area contributed by atoms with Crippen molar-refractivity contribution < 1.29 is 0 Å². The molecule has 2 aromatic carbocycles. The van der Waals surface area contributed by atoms with E-state index in [0.29, 0.717) is 20.3 Å². The van der Waals surface area contributed by atoms with Gasteiger partial charge in [-0.15, -0.1) is 5.10 Å². The quantitative estimate of drug-likeness (QED) is 0.543. The Hall–Kier alpha value is -2.76. The van der Waals surface area contributed by atoms with Crippen LogP contribution in [0.2, 0.25) is 5.02 Å². The fourth-order valence-electron chi connectivity index (χ4n) is 2.48. The normalized spacial score (nSPS) is 12.5. The first-order chi connectivity index (χ1) is 12.6.